The molecular formula is C15H17FN4. The molecular weight excluding hydrogens is 255 g/mol. The SMILES string of the molecule is Cc1ncnc(N2Cc3ccccc3CC2CN)c1F. The Bertz CT molecular complexity index is 629. The molecule has 0 amide bonds. The third-order valence-electron chi connectivity index (χ3n) is 3.84. The number of aryl methyl sites for hydroxylation is 1. The number of benzene rings is 1. The lowest BCUT2D eigenvalue weighted by molar-refractivity contribution is 0.525. The summed E-state index contributed by atoms with van der Waals surface area (Å²) >= 11 is 0. The molecule has 2 heterocycles. The van der Waals surface area contributed by atoms with Crippen LogP contribution in [0.15, 0.2) is 30.6 Å². The van der Waals surface area contributed by atoms with E-state index >= 15 is 0 Å². The van der Waals surface area contributed by atoms with Gasteiger partial charge < -0.3 is 10.6 Å². The largest absolute Gasteiger partial charge is 0.345 e. The van der Waals surface area contributed by atoms with Gasteiger partial charge in [-0.1, -0.05) is 24.3 Å². The Morgan fingerprint density at radius 1 is 1.30 bits per heavy atom. The molecule has 1 aliphatic rings. The summed E-state index contributed by atoms with van der Waals surface area (Å²) in [7, 11) is 0. The molecule has 20 heavy (non-hydrogen) atoms. The van der Waals surface area contributed by atoms with E-state index in [-0.39, 0.29) is 11.9 Å². The van der Waals surface area contributed by atoms with E-state index in [1.54, 1.807) is 6.92 Å². The number of aromatic nitrogens is 2. The fraction of sp³-hybridized carbons (Fsp3) is 0.333. The second kappa shape index (κ2) is 5.17. The van der Waals surface area contributed by atoms with Gasteiger partial charge in [-0.25, -0.2) is 14.4 Å². The summed E-state index contributed by atoms with van der Waals surface area (Å²) in [6.45, 7) is 2.75. The highest BCUT2D eigenvalue weighted by molar-refractivity contribution is 5.47. The maximum absolute atomic E-state index is 14.3. The molecule has 0 radical (unpaired) electrons. The zero-order chi connectivity index (χ0) is 14.1. The van der Waals surface area contributed by atoms with Crippen LogP contribution in [-0.2, 0) is 13.0 Å². The van der Waals surface area contributed by atoms with Gasteiger partial charge in [-0.2, -0.15) is 0 Å². The van der Waals surface area contributed by atoms with Gasteiger partial charge in [0.25, 0.3) is 0 Å². The molecule has 104 valence electrons. The van der Waals surface area contributed by atoms with Crippen LogP contribution in [0.1, 0.15) is 16.8 Å². The van der Waals surface area contributed by atoms with E-state index in [1.165, 1.54) is 17.5 Å². The number of rotatable bonds is 2. The van der Waals surface area contributed by atoms with Crippen LogP contribution in [-0.4, -0.2) is 22.6 Å². The number of fused-ring (bicyclic) bond motifs is 1. The molecule has 0 bridgehead atoms. The van der Waals surface area contributed by atoms with Crippen molar-refractivity contribution in [3.63, 3.8) is 0 Å². The molecule has 1 atom stereocenters. The van der Waals surface area contributed by atoms with Gasteiger partial charge in [0.15, 0.2) is 11.6 Å². The average Bonchev–Trinajstić information content (AvgIpc) is 2.48. The maximum atomic E-state index is 14.3. The minimum absolute atomic E-state index is 0.0636. The Morgan fingerprint density at radius 3 is 2.80 bits per heavy atom. The van der Waals surface area contributed by atoms with E-state index in [4.69, 9.17) is 5.73 Å². The molecule has 1 aliphatic heterocycles. The van der Waals surface area contributed by atoms with E-state index in [0.717, 1.165) is 6.42 Å². The molecule has 0 fully saturated rings. The monoisotopic (exact) mass is 272 g/mol. The highest BCUT2D eigenvalue weighted by Gasteiger charge is 2.28. The van der Waals surface area contributed by atoms with Crippen molar-refractivity contribution in [2.45, 2.75) is 25.9 Å². The third-order valence-corrected chi connectivity index (χ3v) is 3.84. The quantitative estimate of drug-likeness (QED) is 0.906. The summed E-state index contributed by atoms with van der Waals surface area (Å²) in [5.41, 5.74) is 8.72. The Hall–Kier alpha value is -2.01. The van der Waals surface area contributed by atoms with Crippen LogP contribution in [0, 0.1) is 12.7 Å². The number of nitrogens with two attached hydrogens (primary N) is 1. The first-order chi connectivity index (χ1) is 9.70. The van der Waals surface area contributed by atoms with Crippen molar-refractivity contribution in [2.24, 2.45) is 5.73 Å². The van der Waals surface area contributed by atoms with Gasteiger partial charge in [-0.05, 0) is 24.5 Å². The van der Waals surface area contributed by atoms with Crippen LogP contribution in [0.3, 0.4) is 0 Å². The van der Waals surface area contributed by atoms with Crippen molar-refractivity contribution >= 4 is 5.82 Å². The van der Waals surface area contributed by atoms with E-state index in [1.807, 2.05) is 17.0 Å². The van der Waals surface area contributed by atoms with E-state index < -0.39 is 0 Å². The van der Waals surface area contributed by atoms with Gasteiger partial charge >= 0.3 is 0 Å². The van der Waals surface area contributed by atoms with Crippen LogP contribution >= 0.6 is 0 Å². The molecule has 0 saturated heterocycles. The van der Waals surface area contributed by atoms with E-state index in [2.05, 4.69) is 22.1 Å². The molecule has 2 aromatic rings. The first kappa shape index (κ1) is 13.0. The van der Waals surface area contributed by atoms with E-state index in [9.17, 15) is 4.39 Å². The Labute approximate surface area is 117 Å². The topological polar surface area (TPSA) is 55.0 Å². The van der Waals surface area contributed by atoms with Crippen molar-refractivity contribution in [1.82, 2.24) is 9.97 Å². The van der Waals surface area contributed by atoms with Crippen molar-refractivity contribution in [1.29, 1.82) is 0 Å². The highest BCUT2D eigenvalue weighted by Crippen LogP contribution is 2.28. The number of anilines is 1. The Morgan fingerprint density at radius 2 is 2.05 bits per heavy atom. The van der Waals surface area contributed by atoms with Gasteiger partial charge in [-0.3, -0.25) is 0 Å². The van der Waals surface area contributed by atoms with Crippen molar-refractivity contribution in [3.05, 3.63) is 53.2 Å². The smallest absolute Gasteiger partial charge is 0.186 e. The summed E-state index contributed by atoms with van der Waals surface area (Å²) in [6.07, 6.45) is 2.22. The fourth-order valence-corrected chi connectivity index (χ4v) is 2.69. The summed E-state index contributed by atoms with van der Waals surface area (Å²) in [5, 5.41) is 0. The van der Waals surface area contributed by atoms with E-state index in [0.29, 0.717) is 24.6 Å². The van der Waals surface area contributed by atoms with Gasteiger partial charge in [0.05, 0.1) is 5.69 Å². The highest BCUT2D eigenvalue weighted by atomic mass is 19.1. The van der Waals surface area contributed by atoms with Crippen LogP contribution in [0.2, 0.25) is 0 Å². The maximum Gasteiger partial charge on any atom is 0.186 e. The van der Waals surface area contributed by atoms with Crippen LogP contribution in [0.25, 0.3) is 0 Å². The lowest BCUT2D eigenvalue weighted by atomic mass is 9.94. The molecule has 3 rings (SSSR count). The molecule has 5 heteroatoms. The lowest BCUT2D eigenvalue weighted by Crippen LogP contribution is -2.46. The standard InChI is InChI=1S/C15H17FN4/c1-10-14(16)15(19-9-18-10)20-8-12-5-3-2-4-11(12)6-13(20)7-17/h2-5,9,13H,6-8,17H2,1H3. The van der Waals surface area contributed by atoms with Gasteiger partial charge in [-0.15, -0.1) is 0 Å². The summed E-state index contributed by atoms with van der Waals surface area (Å²) in [4.78, 5) is 9.95. The molecule has 2 N–H and O–H groups in total. The minimum Gasteiger partial charge on any atom is -0.345 e. The molecule has 0 aliphatic carbocycles. The number of hydrogen-bond acceptors (Lipinski definition) is 4. The summed E-state index contributed by atoms with van der Waals surface area (Å²) < 4.78 is 14.3. The molecule has 0 saturated carbocycles. The fourth-order valence-electron chi connectivity index (χ4n) is 2.69. The van der Waals surface area contributed by atoms with Crippen molar-refractivity contribution in [3.8, 4) is 0 Å². The molecule has 1 aromatic carbocycles. The van der Waals surface area contributed by atoms with Crippen molar-refractivity contribution in [2.75, 3.05) is 11.4 Å². The molecule has 4 nitrogen and oxygen atoms in total. The zero-order valence-corrected chi connectivity index (χ0v) is 11.4. The summed E-state index contributed by atoms with van der Waals surface area (Å²) in [6, 6.07) is 8.27. The van der Waals surface area contributed by atoms with Gasteiger partial charge in [0.2, 0.25) is 0 Å². The first-order valence-corrected chi connectivity index (χ1v) is 6.71. The van der Waals surface area contributed by atoms with Gasteiger partial charge in [0, 0.05) is 19.1 Å². The van der Waals surface area contributed by atoms with Crippen LogP contribution in [0.4, 0.5) is 10.2 Å². The molecule has 1 unspecified atom stereocenters. The number of halogens is 1. The first-order valence-electron chi connectivity index (χ1n) is 6.71. The van der Waals surface area contributed by atoms with Gasteiger partial charge in [0.1, 0.15) is 6.33 Å². The average molecular weight is 272 g/mol. The predicted octanol–water partition coefficient (Wildman–Crippen LogP) is 1.81. The summed E-state index contributed by atoms with van der Waals surface area (Å²) in [5.74, 6) is -0.00668. The third kappa shape index (κ3) is 2.14. The van der Waals surface area contributed by atoms with Crippen molar-refractivity contribution < 1.29 is 4.39 Å². The second-order valence-electron chi connectivity index (χ2n) is 5.09. The lowest BCUT2D eigenvalue weighted by Gasteiger charge is -2.37. The second-order valence-corrected chi connectivity index (χ2v) is 5.09. The van der Waals surface area contributed by atoms with Crippen LogP contribution < -0.4 is 10.6 Å². The number of hydrogen-bond donors (Lipinski definition) is 1. The zero-order valence-electron chi connectivity index (χ0n) is 11.4. The van der Waals surface area contributed by atoms with Crippen LogP contribution in [0.5, 0.6) is 0 Å². The molecule has 0 spiro atoms. The normalized spacial score (nSPS) is 17.9. The predicted molar refractivity (Wildman–Crippen MR) is 75.9 cm³/mol. The molecule has 1 aromatic heterocycles. The Kier molecular flexibility index (Phi) is 3.36. The minimum atomic E-state index is -0.356. The Balaban J connectivity index is 2.02. The number of nitrogens with zero attached hydrogens (tertiary/aromatic N) is 3.